The highest BCUT2D eigenvalue weighted by Crippen LogP contribution is 2.24. The molecule has 0 unspecified atom stereocenters. The number of ether oxygens (including phenoxy) is 1. The lowest BCUT2D eigenvalue weighted by molar-refractivity contribution is 0.410. The normalized spacial score (nSPS) is 10.5. The molecule has 2 aromatic carbocycles. The number of benzene rings is 2. The van der Waals surface area contributed by atoms with Crippen molar-refractivity contribution in [1.82, 2.24) is 9.97 Å². The molecule has 1 aromatic heterocycles. The van der Waals surface area contributed by atoms with Gasteiger partial charge in [0, 0.05) is 31.3 Å². The van der Waals surface area contributed by atoms with Gasteiger partial charge in [0.05, 0.1) is 12.8 Å². The Morgan fingerprint density at radius 1 is 0.929 bits per heavy atom. The zero-order chi connectivity index (χ0) is 19.8. The summed E-state index contributed by atoms with van der Waals surface area (Å²) in [6.45, 7) is 6.83. The standard InChI is InChI=1S/C23H28N4O/c1-4-27(5-2)22-17-20(18-11-7-6-8-12-18)25-23(26-22)24-16-15-19-13-9-10-14-21(19)28-3/h6-14,17H,4-5,15-16H2,1-3H3,(H,24,25,26). The minimum absolute atomic E-state index is 0.651. The number of rotatable bonds is 9. The van der Waals surface area contributed by atoms with Crippen LogP contribution in [0.1, 0.15) is 19.4 Å². The summed E-state index contributed by atoms with van der Waals surface area (Å²) >= 11 is 0. The third-order valence-electron chi connectivity index (χ3n) is 4.74. The van der Waals surface area contributed by atoms with E-state index in [0.29, 0.717) is 5.95 Å². The maximum absolute atomic E-state index is 5.44. The van der Waals surface area contributed by atoms with Crippen LogP contribution < -0.4 is 15.0 Å². The van der Waals surface area contributed by atoms with E-state index in [4.69, 9.17) is 14.7 Å². The second-order valence-electron chi connectivity index (χ2n) is 6.46. The van der Waals surface area contributed by atoms with Gasteiger partial charge in [-0.3, -0.25) is 0 Å². The second kappa shape index (κ2) is 9.74. The third kappa shape index (κ3) is 4.80. The molecule has 3 rings (SSSR count). The number of aromatic nitrogens is 2. The molecule has 1 heterocycles. The molecule has 0 aliphatic carbocycles. The van der Waals surface area contributed by atoms with E-state index in [0.717, 1.165) is 48.9 Å². The summed E-state index contributed by atoms with van der Waals surface area (Å²) in [5, 5.41) is 3.39. The Labute approximate surface area is 167 Å². The van der Waals surface area contributed by atoms with Crippen LogP contribution in [0.15, 0.2) is 60.7 Å². The van der Waals surface area contributed by atoms with Crippen LogP contribution in [0, 0.1) is 0 Å². The van der Waals surface area contributed by atoms with Crippen molar-refractivity contribution >= 4 is 11.8 Å². The molecule has 0 aliphatic heterocycles. The number of nitrogens with zero attached hydrogens (tertiary/aromatic N) is 3. The molecule has 5 heteroatoms. The van der Waals surface area contributed by atoms with Crippen molar-refractivity contribution in [3.05, 3.63) is 66.2 Å². The van der Waals surface area contributed by atoms with Crippen molar-refractivity contribution < 1.29 is 4.74 Å². The lowest BCUT2D eigenvalue weighted by Crippen LogP contribution is -2.23. The van der Waals surface area contributed by atoms with Crippen LogP contribution in [0.5, 0.6) is 5.75 Å². The second-order valence-corrected chi connectivity index (χ2v) is 6.46. The fraction of sp³-hybridized carbons (Fsp3) is 0.304. The van der Waals surface area contributed by atoms with Crippen molar-refractivity contribution in [3.63, 3.8) is 0 Å². The highest BCUT2D eigenvalue weighted by Gasteiger charge is 2.11. The number of nitrogens with one attached hydrogen (secondary N) is 1. The lowest BCUT2D eigenvalue weighted by Gasteiger charge is -2.21. The number of para-hydroxylation sites is 1. The van der Waals surface area contributed by atoms with Gasteiger partial charge in [-0.2, -0.15) is 4.98 Å². The molecule has 0 atom stereocenters. The summed E-state index contributed by atoms with van der Waals surface area (Å²) in [6.07, 6.45) is 0.837. The summed E-state index contributed by atoms with van der Waals surface area (Å²) in [7, 11) is 1.70. The van der Waals surface area contributed by atoms with Gasteiger partial charge < -0.3 is 15.0 Å². The minimum atomic E-state index is 0.651. The van der Waals surface area contributed by atoms with E-state index in [1.54, 1.807) is 7.11 Å². The molecule has 0 saturated carbocycles. The van der Waals surface area contributed by atoms with Gasteiger partial charge in [0.15, 0.2) is 0 Å². The molecule has 1 N–H and O–H groups in total. The fourth-order valence-corrected chi connectivity index (χ4v) is 3.20. The monoisotopic (exact) mass is 376 g/mol. The first-order valence-electron chi connectivity index (χ1n) is 9.80. The van der Waals surface area contributed by atoms with Crippen LogP contribution in [-0.4, -0.2) is 36.7 Å². The van der Waals surface area contributed by atoms with E-state index in [-0.39, 0.29) is 0 Å². The fourth-order valence-electron chi connectivity index (χ4n) is 3.20. The zero-order valence-corrected chi connectivity index (χ0v) is 16.9. The summed E-state index contributed by atoms with van der Waals surface area (Å²) in [4.78, 5) is 11.7. The Balaban J connectivity index is 1.82. The number of hydrogen-bond acceptors (Lipinski definition) is 5. The Morgan fingerprint density at radius 3 is 2.36 bits per heavy atom. The van der Waals surface area contributed by atoms with Gasteiger partial charge >= 0.3 is 0 Å². The third-order valence-corrected chi connectivity index (χ3v) is 4.74. The van der Waals surface area contributed by atoms with E-state index >= 15 is 0 Å². The van der Waals surface area contributed by atoms with Crippen LogP contribution in [0.3, 0.4) is 0 Å². The average molecular weight is 377 g/mol. The van der Waals surface area contributed by atoms with Crippen molar-refractivity contribution in [3.8, 4) is 17.0 Å². The van der Waals surface area contributed by atoms with E-state index in [1.807, 2.05) is 36.4 Å². The highest BCUT2D eigenvalue weighted by atomic mass is 16.5. The molecule has 3 aromatic rings. The molecule has 0 saturated heterocycles. The first-order valence-corrected chi connectivity index (χ1v) is 9.80. The maximum atomic E-state index is 5.44. The topological polar surface area (TPSA) is 50.3 Å². The molecule has 28 heavy (non-hydrogen) atoms. The Hall–Kier alpha value is -3.08. The molecule has 146 valence electrons. The van der Waals surface area contributed by atoms with Gasteiger partial charge in [-0.25, -0.2) is 4.98 Å². The molecular weight excluding hydrogens is 348 g/mol. The summed E-state index contributed by atoms with van der Waals surface area (Å²) in [5.41, 5.74) is 3.18. The quantitative estimate of drug-likeness (QED) is 0.589. The summed E-state index contributed by atoms with van der Waals surface area (Å²) < 4.78 is 5.44. The van der Waals surface area contributed by atoms with Gasteiger partial charge in [-0.15, -0.1) is 0 Å². The van der Waals surface area contributed by atoms with Gasteiger partial charge in [-0.1, -0.05) is 48.5 Å². The highest BCUT2D eigenvalue weighted by molar-refractivity contribution is 5.64. The number of anilines is 2. The smallest absolute Gasteiger partial charge is 0.225 e. The maximum Gasteiger partial charge on any atom is 0.225 e. The molecule has 0 aliphatic rings. The predicted molar refractivity (Wildman–Crippen MR) is 116 cm³/mol. The van der Waals surface area contributed by atoms with Gasteiger partial charge in [0.25, 0.3) is 0 Å². The van der Waals surface area contributed by atoms with Crippen LogP contribution in [-0.2, 0) is 6.42 Å². The molecule has 0 spiro atoms. The van der Waals surface area contributed by atoms with E-state index in [9.17, 15) is 0 Å². The Morgan fingerprint density at radius 2 is 1.64 bits per heavy atom. The van der Waals surface area contributed by atoms with E-state index in [1.165, 1.54) is 5.56 Å². The van der Waals surface area contributed by atoms with Crippen molar-refractivity contribution in [2.75, 3.05) is 37.0 Å². The SMILES string of the molecule is CCN(CC)c1cc(-c2ccccc2)nc(NCCc2ccccc2OC)n1. The molecule has 0 bridgehead atoms. The van der Waals surface area contributed by atoms with Crippen molar-refractivity contribution in [1.29, 1.82) is 0 Å². The van der Waals surface area contributed by atoms with Crippen molar-refractivity contribution in [2.45, 2.75) is 20.3 Å². The van der Waals surface area contributed by atoms with Crippen LogP contribution in [0.25, 0.3) is 11.3 Å². The van der Waals surface area contributed by atoms with Crippen LogP contribution in [0.4, 0.5) is 11.8 Å². The van der Waals surface area contributed by atoms with Gasteiger partial charge in [0.2, 0.25) is 5.95 Å². The molecule has 0 radical (unpaired) electrons. The van der Waals surface area contributed by atoms with Crippen LogP contribution in [0.2, 0.25) is 0 Å². The number of methoxy groups -OCH3 is 1. The van der Waals surface area contributed by atoms with E-state index in [2.05, 4.69) is 48.3 Å². The summed E-state index contributed by atoms with van der Waals surface area (Å²) in [5.74, 6) is 2.50. The van der Waals surface area contributed by atoms with Gasteiger partial charge in [0.1, 0.15) is 11.6 Å². The van der Waals surface area contributed by atoms with E-state index < -0.39 is 0 Å². The Bertz CT molecular complexity index is 879. The lowest BCUT2D eigenvalue weighted by atomic mass is 10.1. The largest absolute Gasteiger partial charge is 0.496 e. The average Bonchev–Trinajstić information content (AvgIpc) is 2.75. The van der Waals surface area contributed by atoms with Gasteiger partial charge in [-0.05, 0) is 31.9 Å². The van der Waals surface area contributed by atoms with Crippen molar-refractivity contribution in [2.24, 2.45) is 0 Å². The zero-order valence-electron chi connectivity index (χ0n) is 16.9. The summed E-state index contributed by atoms with van der Waals surface area (Å²) in [6, 6.07) is 20.4. The number of hydrogen-bond donors (Lipinski definition) is 1. The predicted octanol–water partition coefficient (Wildman–Crippen LogP) is 4.65. The first-order chi connectivity index (χ1) is 13.7. The molecular formula is C23H28N4O. The minimum Gasteiger partial charge on any atom is -0.496 e. The molecule has 0 amide bonds. The molecule has 0 fully saturated rings. The van der Waals surface area contributed by atoms with Crippen LogP contribution >= 0.6 is 0 Å². The Kier molecular flexibility index (Phi) is 6.84. The first kappa shape index (κ1) is 19.7. The molecule has 5 nitrogen and oxygen atoms in total.